The molecule has 0 atom stereocenters. The van der Waals surface area contributed by atoms with E-state index in [0.717, 1.165) is 18.7 Å². The van der Waals surface area contributed by atoms with E-state index in [-0.39, 0.29) is 0 Å². The molecule has 0 aliphatic rings. The third-order valence-corrected chi connectivity index (χ3v) is 2.54. The number of guanidine groups is 1. The first-order chi connectivity index (χ1) is 8.22. The number of pyridine rings is 1. The van der Waals surface area contributed by atoms with Gasteiger partial charge in [0, 0.05) is 24.8 Å². The first kappa shape index (κ1) is 13.3. The summed E-state index contributed by atoms with van der Waals surface area (Å²) in [6.07, 6.45) is 1.69. The van der Waals surface area contributed by atoms with Crippen LogP contribution >= 0.6 is 0 Å². The molecule has 2 N–H and O–H groups in total. The van der Waals surface area contributed by atoms with Crippen molar-refractivity contribution in [1.82, 2.24) is 9.88 Å². The Kier molecular flexibility index (Phi) is 5.26. The van der Waals surface area contributed by atoms with Crippen LogP contribution in [0.3, 0.4) is 0 Å². The van der Waals surface area contributed by atoms with E-state index in [2.05, 4.69) is 23.8 Å². The van der Waals surface area contributed by atoms with Crippen molar-refractivity contribution in [3.8, 4) is 5.88 Å². The molecule has 0 fully saturated rings. The Hall–Kier alpha value is -1.78. The van der Waals surface area contributed by atoms with E-state index in [1.54, 1.807) is 13.3 Å². The lowest BCUT2D eigenvalue weighted by molar-refractivity contribution is 0.392. The molecular weight excluding hydrogens is 216 g/mol. The van der Waals surface area contributed by atoms with Crippen LogP contribution in [0.25, 0.3) is 0 Å². The minimum atomic E-state index is 0.485. The molecule has 1 rings (SSSR count). The van der Waals surface area contributed by atoms with Crippen molar-refractivity contribution in [3.63, 3.8) is 0 Å². The molecule has 0 saturated carbocycles. The van der Waals surface area contributed by atoms with Gasteiger partial charge in [0.25, 0.3) is 0 Å². The average Bonchev–Trinajstić information content (AvgIpc) is 2.38. The molecule has 94 valence electrons. The predicted molar refractivity (Wildman–Crippen MR) is 69.0 cm³/mol. The van der Waals surface area contributed by atoms with Crippen molar-refractivity contribution in [1.29, 1.82) is 0 Å². The fourth-order valence-electron chi connectivity index (χ4n) is 1.54. The van der Waals surface area contributed by atoms with E-state index in [0.29, 0.717) is 18.4 Å². The zero-order valence-corrected chi connectivity index (χ0v) is 10.7. The Bertz CT molecular complexity index is 375. The van der Waals surface area contributed by atoms with Gasteiger partial charge >= 0.3 is 0 Å². The summed E-state index contributed by atoms with van der Waals surface area (Å²) in [6, 6.07) is 3.80. The molecule has 5 heteroatoms. The van der Waals surface area contributed by atoms with Crippen LogP contribution in [0.4, 0.5) is 0 Å². The van der Waals surface area contributed by atoms with Crippen LogP contribution in [0, 0.1) is 0 Å². The SMILES string of the molecule is CCN(CC)C(N)=NCc1cccnc1OC. The van der Waals surface area contributed by atoms with Crippen LogP contribution in [0.5, 0.6) is 5.88 Å². The molecule has 0 bridgehead atoms. The molecule has 0 radical (unpaired) electrons. The van der Waals surface area contributed by atoms with E-state index in [1.807, 2.05) is 17.0 Å². The fraction of sp³-hybridized carbons (Fsp3) is 0.500. The second kappa shape index (κ2) is 6.73. The highest BCUT2D eigenvalue weighted by Gasteiger charge is 2.05. The first-order valence-corrected chi connectivity index (χ1v) is 5.75. The molecule has 5 nitrogen and oxygen atoms in total. The van der Waals surface area contributed by atoms with Gasteiger partial charge in [0.2, 0.25) is 5.88 Å². The van der Waals surface area contributed by atoms with E-state index in [1.165, 1.54) is 0 Å². The number of aliphatic imine (C=N–C) groups is 1. The van der Waals surface area contributed by atoms with Crippen molar-refractivity contribution in [3.05, 3.63) is 23.9 Å². The molecule has 0 saturated heterocycles. The number of nitrogens with two attached hydrogens (primary N) is 1. The minimum absolute atomic E-state index is 0.485. The Balaban J connectivity index is 2.74. The summed E-state index contributed by atoms with van der Waals surface area (Å²) >= 11 is 0. The summed E-state index contributed by atoms with van der Waals surface area (Å²) in [6.45, 7) is 6.30. The Morgan fingerprint density at radius 1 is 1.47 bits per heavy atom. The van der Waals surface area contributed by atoms with E-state index >= 15 is 0 Å². The van der Waals surface area contributed by atoms with Crippen LogP contribution in [-0.2, 0) is 6.54 Å². The molecular formula is C12H20N4O. The van der Waals surface area contributed by atoms with Gasteiger partial charge in [-0.2, -0.15) is 0 Å². The van der Waals surface area contributed by atoms with Crippen molar-refractivity contribution >= 4 is 5.96 Å². The predicted octanol–water partition coefficient (Wildman–Crippen LogP) is 1.25. The smallest absolute Gasteiger partial charge is 0.218 e. The van der Waals surface area contributed by atoms with Gasteiger partial charge in [0.1, 0.15) is 0 Å². The standard InChI is InChI=1S/C12H20N4O/c1-4-16(5-2)12(13)15-9-10-7-6-8-14-11(10)17-3/h6-8H,4-5,9H2,1-3H3,(H2,13,15). The molecule has 0 spiro atoms. The molecule has 1 heterocycles. The van der Waals surface area contributed by atoms with Gasteiger partial charge in [-0.3, -0.25) is 0 Å². The summed E-state index contributed by atoms with van der Waals surface area (Å²) < 4.78 is 5.16. The van der Waals surface area contributed by atoms with Crippen molar-refractivity contribution in [2.45, 2.75) is 20.4 Å². The van der Waals surface area contributed by atoms with Crippen molar-refractivity contribution in [2.75, 3.05) is 20.2 Å². The molecule has 0 unspecified atom stereocenters. The summed E-state index contributed by atoms with van der Waals surface area (Å²) in [5.74, 6) is 1.16. The number of hydrogen-bond donors (Lipinski definition) is 1. The maximum Gasteiger partial charge on any atom is 0.218 e. The maximum atomic E-state index is 5.89. The lowest BCUT2D eigenvalue weighted by atomic mass is 10.3. The van der Waals surface area contributed by atoms with E-state index < -0.39 is 0 Å². The average molecular weight is 236 g/mol. The van der Waals surface area contributed by atoms with Gasteiger partial charge in [-0.1, -0.05) is 6.07 Å². The highest BCUT2D eigenvalue weighted by atomic mass is 16.5. The lowest BCUT2D eigenvalue weighted by Crippen LogP contribution is -2.37. The zero-order valence-electron chi connectivity index (χ0n) is 10.7. The highest BCUT2D eigenvalue weighted by molar-refractivity contribution is 5.78. The molecule has 1 aromatic heterocycles. The van der Waals surface area contributed by atoms with Gasteiger partial charge in [-0.25, -0.2) is 9.98 Å². The Labute approximate surface area is 102 Å². The van der Waals surface area contributed by atoms with Crippen molar-refractivity contribution < 1.29 is 4.74 Å². The first-order valence-electron chi connectivity index (χ1n) is 5.75. The molecule has 1 aromatic rings. The van der Waals surface area contributed by atoms with Crippen LogP contribution in [0.2, 0.25) is 0 Å². The minimum Gasteiger partial charge on any atom is -0.481 e. The Morgan fingerprint density at radius 3 is 2.76 bits per heavy atom. The number of methoxy groups -OCH3 is 1. The largest absolute Gasteiger partial charge is 0.481 e. The molecule has 17 heavy (non-hydrogen) atoms. The lowest BCUT2D eigenvalue weighted by Gasteiger charge is -2.19. The summed E-state index contributed by atoms with van der Waals surface area (Å²) in [7, 11) is 1.60. The third-order valence-electron chi connectivity index (χ3n) is 2.54. The van der Waals surface area contributed by atoms with Gasteiger partial charge in [-0.05, 0) is 19.9 Å². The summed E-state index contributed by atoms with van der Waals surface area (Å²) in [5.41, 5.74) is 6.83. The second-order valence-electron chi connectivity index (χ2n) is 3.52. The van der Waals surface area contributed by atoms with Gasteiger partial charge < -0.3 is 15.4 Å². The van der Waals surface area contributed by atoms with Crippen LogP contribution in [0.15, 0.2) is 23.3 Å². The maximum absolute atomic E-state index is 5.89. The van der Waals surface area contributed by atoms with Crippen LogP contribution in [0.1, 0.15) is 19.4 Å². The summed E-state index contributed by atoms with van der Waals surface area (Å²) in [5, 5.41) is 0. The fourth-order valence-corrected chi connectivity index (χ4v) is 1.54. The molecule has 0 amide bonds. The zero-order chi connectivity index (χ0) is 12.7. The third kappa shape index (κ3) is 3.62. The normalized spacial score (nSPS) is 11.4. The summed E-state index contributed by atoms with van der Waals surface area (Å²) in [4.78, 5) is 10.5. The number of hydrogen-bond acceptors (Lipinski definition) is 3. The van der Waals surface area contributed by atoms with Crippen LogP contribution in [-0.4, -0.2) is 36.0 Å². The number of aromatic nitrogens is 1. The highest BCUT2D eigenvalue weighted by Crippen LogP contribution is 2.14. The van der Waals surface area contributed by atoms with Crippen molar-refractivity contribution in [2.24, 2.45) is 10.7 Å². The molecule has 0 aromatic carbocycles. The van der Waals surface area contributed by atoms with Gasteiger partial charge in [0.15, 0.2) is 5.96 Å². The number of rotatable bonds is 5. The van der Waals surface area contributed by atoms with Gasteiger partial charge in [0.05, 0.1) is 13.7 Å². The van der Waals surface area contributed by atoms with Crippen LogP contribution < -0.4 is 10.5 Å². The quantitative estimate of drug-likeness (QED) is 0.617. The monoisotopic (exact) mass is 236 g/mol. The topological polar surface area (TPSA) is 63.7 Å². The van der Waals surface area contributed by atoms with E-state index in [4.69, 9.17) is 10.5 Å². The van der Waals surface area contributed by atoms with E-state index in [9.17, 15) is 0 Å². The number of ether oxygens (including phenoxy) is 1. The molecule has 0 aliphatic heterocycles. The molecule has 0 aliphatic carbocycles. The Morgan fingerprint density at radius 2 is 2.18 bits per heavy atom. The number of nitrogens with zero attached hydrogens (tertiary/aromatic N) is 3. The van der Waals surface area contributed by atoms with Gasteiger partial charge in [-0.15, -0.1) is 0 Å². The second-order valence-corrected chi connectivity index (χ2v) is 3.52.